The van der Waals surface area contributed by atoms with E-state index in [-0.39, 0.29) is 0 Å². The quantitative estimate of drug-likeness (QED) is 0.833. The number of hydrogen-bond acceptors (Lipinski definition) is 2. The third-order valence-electron chi connectivity index (χ3n) is 7.79. The summed E-state index contributed by atoms with van der Waals surface area (Å²) < 4.78 is 0. The minimum atomic E-state index is 0.568. The van der Waals surface area contributed by atoms with Gasteiger partial charge in [-0.05, 0) is 87.5 Å². The second kappa shape index (κ2) is 4.46. The molecular weight excluding hydrogens is 244 g/mol. The molecule has 20 heavy (non-hydrogen) atoms. The van der Waals surface area contributed by atoms with Crippen LogP contribution in [0.5, 0.6) is 0 Å². The van der Waals surface area contributed by atoms with Gasteiger partial charge in [0, 0.05) is 25.2 Å². The summed E-state index contributed by atoms with van der Waals surface area (Å²) in [5.41, 5.74) is 0.568. The maximum atomic E-state index is 3.73. The van der Waals surface area contributed by atoms with Gasteiger partial charge in [-0.3, -0.25) is 4.90 Å². The lowest BCUT2D eigenvalue weighted by Gasteiger charge is -2.57. The van der Waals surface area contributed by atoms with Crippen LogP contribution in [0, 0.1) is 29.6 Å². The van der Waals surface area contributed by atoms with Crippen LogP contribution in [0.25, 0.3) is 0 Å². The first-order valence-electron chi connectivity index (χ1n) is 9.28. The third kappa shape index (κ3) is 1.76. The van der Waals surface area contributed by atoms with E-state index in [1.807, 2.05) is 0 Å². The Morgan fingerprint density at radius 3 is 2.45 bits per heavy atom. The van der Waals surface area contributed by atoms with Gasteiger partial charge in [0.1, 0.15) is 0 Å². The van der Waals surface area contributed by atoms with Crippen LogP contribution < -0.4 is 5.32 Å². The molecule has 1 N–H and O–H groups in total. The Morgan fingerprint density at radius 2 is 1.70 bits per heavy atom. The minimum Gasteiger partial charge on any atom is -0.314 e. The fourth-order valence-electron chi connectivity index (χ4n) is 7.19. The average molecular weight is 274 g/mol. The van der Waals surface area contributed by atoms with E-state index in [4.69, 9.17) is 0 Å². The zero-order valence-electron chi connectivity index (χ0n) is 12.8. The third-order valence-corrected chi connectivity index (χ3v) is 7.79. The van der Waals surface area contributed by atoms with Gasteiger partial charge in [0.25, 0.3) is 0 Å². The van der Waals surface area contributed by atoms with Gasteiger partial charge in [-0.25, -0.2) is 0 Å². The van der Waals surface area contributed by atoms with Crippen molar-refractivity contribution in [3.05, 3.63) is 0 Å². The number of piperazine rings is 1. The van der Waals surface area contributed by atoms with Crippen molar-refractivity contribution < 1.29 is 0 Å². The van der Waals surface area contributed by atoms with Gasteiger partial charge in [-0.2, -0.15) is 0 Å². The van der Waals surface area contributed by atoms with E-state index >= 15 is 0 Å². The highest BCUT2D eigenvalue weighted by Gasteiger charge is 2.52. The van der Waals surface area contributed by atoms with E-state index in [0.717, 1.165) is 29.6 Å². The summed E-state index contributed by atoms with van der Waals surface area (Å²) in [7, 11) is 0. The molecule has 0 spiro atoms. The highest BCUT2D eigenvalue weighted by molar-refractivity contribution is 5.06. The predicted molar refractivity (Wildman–Crippen MR) is 81.6 cm³/mol. The van der Waals surface area contributed by atoms with Crippen molar-refractivity contribution in [1.82, 2.24) is 10.2 Å². The normalized spacial score (nSPS) is 54.3. The molecule has 6 fully saturated rings. The van der Waals surface area contributed by atoms with Crippen molar-refractivity contribution in [2.24, 2.45) is 29.6 Å². The van der Waals surface area contributed by atoms with E-state index in [2.05, 4.69) is 10.2 Å². The lowest BCUT2D eigenvalue weighted by atomic mass is 9.50. The molecule has 112 valence electrons. The molecule has 2 heterocycles. The first-order valence-corrected chi connectivity index (χ1v) is 9.28. The van der Waals surface area contributed by atoms with Gasteiger partial charge in [0.15, 0.2) is 0 Å². The molecule has 4 aliphatic carbocycles. The summed E-state index contributed by atoms with van der Waals surface area (Å²) in [6, 6.07) is 0. The second-order valence-electron chi connectivity index (χ2n) is 8.79. The summed E-state index contributed by atoms with van der Waals surface area (Å²) in [6.45, 7) is 5.21. The van der Waals surface area contributed by atoms with Crippen molar-refractivity contribution in [1.29, 1.82) is 0 Å². The fraction of sp³-hybridized carbons (Fsp3) is 1.00. The van der Waals surface area contributed by atoms with E-state index in [1.54, 1.807) is 32.1 Å². The Hall–Kier alpha value is -0.0800. The molecule has 4 saturated carbocycles. The molecule has 2 heteroatoms. The predicted octanol–water partition coefficient (Wildman–Crippen LogP) is 2.89. The van der Waals surface area contributed by atoms with E-state index in [0.29, 0.717) is 5.54 Å². The van der Waals surface area contributed by atoms with Crippen molar-refractivity contribution >= 4 is 0 Å². The fourth-order valence-corrected chi connectivity index (χ4v) is 7.19. The number of hydrogen-bond donors (Lipinski definition) is 1. The Morgan fingerprint density at radius 1 is 0.950 bits per heavy atom. The SMILES string of the molecule is C1CN2CCNCC2(CC2C3CC4CC(C3)CC2C4)C1. The van der Waals surface area contributed by atoms with E-state index in [1.165, 1.54) is 45.4 Å². The molecule has 2 aliphatic heterocycles. The monoisotopic (exact) mass is 274 g/mol. The Kier molecular flexibility index (Phi) is 2.78. The molecule has 2 saturated heterocycles. The maximum Gasteiger partial charge on any atom is 0.0337 e. The van der Waals surface area contributed by atoms with Gasteiger partial charge in [-0.1, -0.05) is 0 Å². The molecule has 0 aromatic heterocycles. The van der Waals surface area contributed by atoms with Gasteiger partial charge < -0.3 is 5.32 Å². The van der Waals surface area contributed by atoms with Crippen LogP contribution in [0.3, 0.4) is 0 Å². The molecule has 1 atom stereocenters. The van der Waals surface area contributed by atoms with Gasteiger partial charge in [0.05, 0.1) is 0 Å². The molecule has 0 aromatic carbocycles. The smallest absolute Gasteiger partial charge is 0.0337 e. The molecular formula is C18H30N2. The minimum absolute atomic E-state index is 0.568. The molecule has 2 nitrogen and oxygen atoms in total. The first-order chi connectivity index (χ1) is 9.82. The molecule has 0 radical (unpaired) electrons. The lowest BCUT2D eigenvalue weighted by Crippen LogP contribution is -2.60. The van der Waals surface area contributed by atoms with Gasteiger partial charge in [-0.15, -0.1) is 0 Å². The zero-order chi connectivity index (χ0) is 13.2. The summed E-state index contributed by atoms with van der Waals surface area (Å²) in [5.74, 6) is 5.59. The molecule has 6 aliphatic rings. The summed E-state index contributed by atoms with van der Waals surface area (Å²) in [6.07, 6.45) is 12.5. The summed E-state index contributed by atoms with van der Waals surface area (Å²) in [4.78, 5) is 2.87. The molecule has 0 amide bonds. The Bertz CT molecular complexity index is 365. The second-order valence-corrected chi connectivity index (χ2v) is 8.79. The van der Waals surface area contributed by atoms with Gasteiger partial charge >= 0.3 is 0 Å². The molecule has 4 bridgehead atoms. The standard InChI is InChI=1S/C18H30N2/c1-2-18(12-19-3-5-20(18)4-1)11-17-15-7-13-6-14(9-15)10-16(17)8-13/h13-17,19H,1-12H2. The number of nitrogens with one attached hydrogen (secondary N) is 1. The summed E-state index contributed by atoms with van der Waals surface area (Å²) in [5, 5.41) is 3.73. The highest BCUT2D eigenvalue weighted by atomic mass is 15.3. The van der Waals surface area contributed by atoms with Crippen LogP contribution in [-0.2, 0) is 0 Å². The van der Waals surface area contributed by atoms with Crippen molar-refractivity contribution in [3.8, 4) is 0 Å². The maximum absolute atomic E-state index is 3.73. The highest BCUT2D eigenvalue weighted by Crippen LogP contribution is 2.59. The van der Waals surface area contributed by atoms with Crippen molar-refractivity contribution in [3.63, 3.8) is 0 Å². The largest absolute Gasteiger partial charge is 0.314 e. The number of fused-ring (bicyclic) bond motifs is 1. The molecule has 0 aromatic rings. The Balaban J connectivity index is 1.38. The summed E-state index contributed by atoms with van der Waals surface area (Å²) >= 11 is 0. The van der Waals surface area contributed by atoms with Gasteiger partial charge in [0.2, 0.25) is 0 Å². The lowest BCUT2D eigenvalue weighted by molar-refractivity contribution is -0.0628. The molecule has 1 unspecified atom stereocenters. The van der Waals surface area contributed by atoms with Crippen LogP contribution in [0.4, 0.5) is 0 Å². The Labute approximate surface area is 123 Å². The van der Waals surface area contributed by atoms with E-state index in [9.17, 15) is 0 Å². The van der Waals surface area contributed by atoms with Crippen LogP contribution >= 0.6 is 0 Å². The topological polar surface area (TPSA) is 15.3 Å². The molecule has 6 rings (SSSR count). The van der Waals surface area contributed by atoms with Crippen LogP contribution in [0.1, 0.15) is 51.4 Å². The first kappa shape index (κ1) is 12.5. The average Bonchev–Trinajstić information content (AvgIpc) is 2.86. The van der Waals surface area contributed by atoms with Crippen molar-refractivity contribution in [2.45, 2.75) is 56.9 Å². The number of nitrogens with zero attached hydrogens (tertiary/aromatic N) is 1. The van der Waals surface area contributed by atoms with Crippen LogP contribution in [-0.4, -0.2) is 36.6 Å². The van der Waals surface area contributed by atoms with E-state index < -0.39 is 0 Å². The van der Waals surface area contributed by atoms with Crippen LogP contribution in [0.2, 0.25) is 0 Å². The zero-order valence-corrected chi connectivity index (χ0v) is 12.8. The van der Waals surface area contributed by atoms with Crippen LogP contribution in [0.15, 0.2) is 0 Å². The number of rotatable bonds is 2. The van der Waals surface area contributed by atoms with Crippen molar-refractivity contribution in [2.75, 3.05) is 26.2 Å².